The Morgan fingerprint density at radius 3 is 3.06 bits per heavy atom. The summed E-state index contributed by atoms with van der Waals surface area (Å²) < 4.78 is 2.49. The predicted molar refractivity (Wildman–Crippen MR) is 64.9 cm³/mol. The molecule has 0 amide bonds. The van der Waals surface area contributed by atoms with Gasteiger partial charge in [-0.25, -0.2) is 9.78 Å². The van der Waals surface area contributed by atoms with Gasteiger partial charge >= 0.3 is 5.97 Å². The summed E-state index contributed by atoms with van der Waals surface area (Å²) in [5.41, 5.74) is 3.06. The molecule has 0 aromatic carbocycles. The molecule has 2 aromatic rings. The Morgan fingerprint density at radius 1 is 1.62 bits per heavy atom. The Kier molecular flexibility index (Phi) is 3.40. The van der Waals surface area contributed by atoms with Crippen molar-refractivity contribution in [2.24, 2.45) is 0 Å². The standard InChI is InChI=1S/C10H9BrN2O2S/c11-7-3-9(10(14)15)13(4-7)2-1-8-5-16-6-12-8/h3-6H,1-2H2,(H,14,15). The van der Waals surface area contributed by atoms with Gasteiger partial charge in [0.2, 0.25) is 0 Å². The van der Waals surface area contributed by atoms with E-state index in [1.54, 1.807) is 33.7 Å². The quantitative estimate of drug-likeness (QED) is 0.944. The zero-order chi connectivity index (χ0) is 11.5. The lowest BCUT2D eigenvalue weighted by Crippen LogP contribution is -2.09. The van der Waals surface area contributed by atoms with Crippen molar-refractivity contribution in [3.63, 3.8) is 0 Å². The molecule has 0 spiro atoms. The molecule has 0 aliphatic rings. The second-order valence-electron chi connectivity index (χ2n) is 3.27. The number of hydrogen-bond donors (Lipinski definition) is 1. The number of aromatic nitrogens is 2. The maximum absolute atomic E-state index is 10.9. The first kappa shape index (κ1) is 11.3. The minimum Gasteiger partial charge on any atom is -0.477 e. The Hall–Kier alpha value is -1.14. The Morgan fingerprint density at radius 2 is 2.44 bits per heavy atom. The molecule has 0 saturated heterocycles. The van der Waals surface area contributed by atoms with E-state index in [-0.39, 0.29) is 0 Å². The number of carboxylic acid groups (broad SMARTS) is 1. The summed E-state index contributed by atoms with van der Waals surface area (Å²) in [6.07, 6.45) is 2.51. The van der Waals surface area contributed by atoms with Crippen LogP contribution in [0.5, 0.6) is 0 Å². The molecule has 1 N–H and O–H groups in total. The largest absolute Gasteiger partial charge is 0.477 e. The van der Waals surface area contributed by atoms with Crippen molar-refractivity contribution in [2.45, 2.75) is 13.0 Å². The molecule has 0 fully saturated rings. The van der Waals surface area contributed by atoms with Crippen molar-refractivity contribution in [2.75, 3.05) is 0 Å². The van der Waals surface area contributed by atoms with Crippen molar-refractivity contribution >= 4 is 33.2 Å². The van der Waals surface area contributed by atoms with Crippen LogP contribution < -0.4 is 0 Å². The van der Waals surface area contributed by atoms with E-state index >= 15 is 0 Å². The lowest BCUT2D eigenvalue weighted by molar-refractivity contribution is 0.0685. The van der Waals surface area contributed by atoms with Gasteiger partial charge in [0, 0.05) is 29.0 Å². The fraction of sp³-hybridized carbons (Fsp3) is 0.200. The molecule has 2 rings (SSSR count). The smallest absolute Gasteiger partial charge is 0.352 e. The molecule has 2 aromatic heterocycles. The maximum Gasteiger partial charge on any atom is 0.352 e. The van der Waals surface area contributed by atoms with Crippen LogP contribution in [0.1, 0.15) is 16.2 Å². The lowest BCUT2D eigenvalue weighted by Gasteiger charge is -2.03. The first-order valence-corrected chi connectivity index (χ1v) is 6.36. The van der Waals surface area contributed by atoms with E-state index in [2.05, 4.69) is 20.9 Å². The van der Waals surface area contributed by atoms with Crippen molar-refractivity contribution in [1.82, 2.24) is 9.55 Å². The number of thiazole rings is 1. The number of aryl methyl sites for hydroxylation is 2. The van der Waals surface area contributed by atoms with Crippen LogP contribution in [0.25, 0.3) is 0 Å². The predicted octanol–water partition coefficient (Wildman–Crippen LogP) is 2.65. The van der Waals surface area contributed by atoms with Gasteiger partial charge in [-0.3, -0.25) is 0 Å². The van der Waals surface area contributed by atoms with E-state index in [4.69, 9.17) is 5.11 Å². The molecule has 2 heterocycles. The van der Waals surface area contributed by atoms with Gasteiger partial charge in [0.15, 0.2) is 0 Å². The summed E-state index contributed by atoms with van der Waals surface area (Å²) in [6.45, 7) is 0.622. The normalized spacial score (nSPS) is 10.6. The van der Waals surface area contributed by atoms with Gasteiger partial charge in [-0.15, -0.1) is 11.3 Å². The zero-order valence-electron chi connectivity index (χ0n) is 8.26. The number of halogens is 1. The fourth-order valence-electron chi connectivity index (χ4n) is 1.43. The van der Waals surface area contributed by atoms with E-state index in [1.807, 2.05) is 5.38 Å². The first-order chi connectivity index (χ1) is 7.66. The molecule has 0 aliphatic carbocycles. The molecule has 0 radical (unpaired) electrons. The van der Waals surface area contributed by atoms with Crippen LogP contribution in [0, 0.1) is 0 Å². The van der Waals surface area contributed by atoms with Crippen LogP contribution >= 0.6 is 27.3 Å². The van der Waals surface area contributed by atoms with Crippen LogP contribution in [0.3, 0.4) is 0 Å². The van der Waals surface area contributed by atoms with E-state index in [0.717, 1.165) is 16.6 Å². The highest BCUT2D eigenvalue weighted by Crippen LogP contribution is 2.16. The molecule has 0 aliphatic heterocycles. The van der Waals surface area contributed by atoms with Crippen molar-refractivity contribution in [3.8, 4) is 0 Å². The van der Waals surface area contributed by atoms with Gasteiger partial charge in [0.25, 0.3) is 0 Å². The third-order valence-electron chi connectivity index (χ3n) is 2.17. The molecular formula is C10H9BrN2O2S. The third-order valence-corrected chi connectivity index (χ3v) is 3.24. The molecule has 6 heteroatoms. The molecule has 0 unspecified atom stereocenters. The van der Waals surface area contributed by atoms with E-state index in [0.29, 0.717) is 12.2 Å². The lowest BCUT2D eigenvalue weighted by atomic mass is 10.3. The topological polar surface area (TPSA) is 55.1 Å². The number of aromatic carboxylic acids is 1. The second-order valence-corrected chi connectivity index (χ2v) is 4.91. The van der Waals surface area contributed by atoms with Gasteiger partial charge in [-0.05, 0) is 22.0 Å². The molecule has 0 saturated carbocycles. The van der Waals surface area contributed by atoms with Crippen LogP contribution in [0.4, 0.5) is 0 Å². The van der Waals surface area contributed by atoms with Crippen LogP contribution in [-0.4, -0.2) is 20.6 Å². The van der Waals surface area contributed by atoms with Crippen LogP contribution in [-0.2, 0) is 13.0 Å². The van der Waals surface area contributed by atoms with Gasteiger partial charge in [0.1, 0.15) is 5.69 Å². The summed E-state index contributed by atoms with van der Waals surface area (Å²) in [4.78, 5) is 15.1. The molecule has 0 bridgehead atoms. The summed E-state index contributed by atoms with van der Waals surface area (Å²) in [6, 6.07) is 1.60. The second kappa shape index (κ2) is 4.80. The van der Waals surface area contributed by atoms with Gasteiger partial charge in [0.05, 0.1) is 11.2 Å². The number of carbonyl (C=O) groups is 1. The SMILES string of the molecule is O=C(O)c1cc(Br)cn1CCc1cscn1. The molecular weight excluding hydrogens is 292 g/mol. The number of rotatable bonds is 4. The van der Waals surface area contributed by atoms with Crippen LogP contribution in [0.2, 0.25) is 0 Å². The Labute approximate surface area is 105 Å². The zero-order valence-corrected chi connectivity index (χ0v) is 10.7. The minimum atomic E-state index is -0.913. The summed E-state index contributed by atoms with van der Waals surface area (Å²) >= 11 is 4.82. The van der Waals surface area contributed by atoms with Gasteiger partial charge < -0.3 is 9.67 Å². The fourth-order valence-corrected chi connectivity index (χ4v) is 2.49. The van der Waals surface area contributed by atoms with Crippen molar-refractivity contribution < 1.29 is 9.90 Å². The molecule has 16 heavy (non-hydrogen) atoms. The average Bonchev–Trinajstić information content (AvgIpc) is 2.83. The van der Waals surface area contributed by atoms with Crippen molar-refractivity contribution in [3.05, 3.63) is 39.0 Å². The average molecular weight is 301 g/mol. The highest BCUT2D eigenvalue weighted by molar-refractivity contribution is 9.10. The highest BCUT2D eigenvalue weighted by Gasteiger charge is 2.11. The highest BCUT2D eigenvalue weighted by atomic mass is 79.9. The number of nitrogens with zero attached hydrogens (tertiary/aromatic N) is 2. The molecule has 0 atom stereocenters. The Bertz CT molecular complexity index is 493. The van der Waals surface area contributed by atoms with Crippen molar-refractivity contribution in [1.29, 1.82) is 0 Å². The minimum absolute atomic E-state index is 0.294. The number of hydrogen-bond acceptors (Lipinski definition) is 3. The first-order valence-electron chi connectivity index (χ1n) is 4.63. The Balaban J connectivity index is 2.12. The molecule has 84 valence electrons. The van der Waals surface area contributed by atoms with Gasteiger partial charge in [-0.2, -0.15) is 0 Å². The summed E-state index contributed by atoms with van der Waals surface area (Å²) in [5, 5.41) is 11.0. The van der Waals surface area contributed by atoms with Crippen LogP contribution in [0.15, 0.2) is 27.6 Å². The molecule has 4 nitrogen and oxygen atoms in total. The monoisotopic (exact) mass is 300 g/mol. The number of carboxylic acids is 1. The van der Waals surface area contributed by atoms with E-state index in [9.17, 15) is 4.79 Å². The van der Waals surface area contributed by atoms with E-state index in [1.165, 1.54) is 0 Å². The van der Waals surface area contributed by atoms with E-state index < -0.39 is 5.97 Å². The summed E-state index contributed by atoms with van der Waals surface area (Å²) in [5.74, 6) is -0.913. The summed E-state index contributed by atoms with van der Waals surface area (Å²) in [7, 11) is 0. The van der Waals surface area contributed by atoms with Gasteiger partial charge in [-0.1, -0.05) is 0 Å². The third kappa shape index (κ3) is 2.51. The maximum atomic E-state index is 10.9.